The Balaban J connectivity index is 2.54. The smallest absolute Gasteiger partial charge is 0.249 e. The van der Waals surface area contributed by atoms with E-state index >= 15 is 0 Å². The lowest BCUT2D eigenvalue weighted by molar-refractivity contribution is 0.100. The van der Waals surface area contributed by atoms with Crippen molar-refractivity contribution in [2.45, 2.75) is 6.42 Å². The molecule has 0 aliphatic rings. The second kappa shape index (κ2) is 4.37. The molecule has 0 bridgehead atoms. The fourth-order valence-electron chi connectivity index (χ4n) is 1.84. The second-order valence-electron chi connectivity index (χ2n) is 3.58. The quantitative estimate of drug-likeness (QED) is 0.714. The van der Waals surface area contributed by atoms with Gasteiger partial charge in [0.2, 0.25) is 5.91 Å². The first-order valence-electron chi connectivity index (χ1n) is 5.05. The lowest BCUT2D eigenvalue weighted by atomic mass is 10.0. The highest BCUT2D eigenvalue weighted by atomic mass is 16.2. The maximum Gasteiger partial charge on any atom is 0.249 e. The summed E-state index contributed by atoms with van der Waals surface area (Å²) in [6.45, 7) is 0.0193. The molecular formula is C12H13N2O2. The first kappa shape index (κ1) is 10.7. The van der Waals surface area contributed by atoms with Gasteiger partial charge in [-0.2, -0.15) is 0 Å². The van der Waals surface area contributed by atoms with Crippen LogP contribution in [-0.4, -0.2) is 22.6 Å². The van der Waals surface area contributed by atoms with Crippen LogP contribution in [0.5, 0.6) is 0 Å². The maximum atomic E-state index is 11.3. The number of nitrogens with one attached hydrogen (secondary N) is 1. The van der Waals surface area contributed by atoms with Crippen LogP contribution in [0, 0.1) is 6.42 Å². The summed E-state index contributed by atoms with van der Waals surface area (Å²) in [5.74, 6) is -0.435. The highest BCUT2D eigenvalue weighted by molar-refractivity contribution is 6.06. The normalized spacial score (nSPS) is 10.8. The molecule has 0 fully saturated rings. The van der Waals surface area contributed by atoms with Crippen LogP contribution in [0.3, 0.4) is 0 Å². The summed E-state index contributed by atoms with van der Waals surface area (Å²) >= 11 is 0. The standard InChI is InChI=1S/C12H13N2O2/c13-12(16)9-4-1-5-10-11(9)8(7-14-10)3-2-6-15/h1-2,4-5,7,14-15H,3,6H2,(H2,13,16). The van der Waals surface area contributed by atoms with Crippen LogP contribution in [0.2, 0.25) is 0 Å². The van der Waals surface area contributed by atoms with E-state index in [9.17, 15) is 4.79 Å². The number of aromatic nitrogens is 1. The molecule has 4 nitrogen and oxygen atoms in total. The van der Waals surface area contributed by atoms with Gasteiger partial charge in [0.05, 0.1) is 0 Å². The summed E-state index contributed by atoms with van der Waals surface area (Å²) < 4.78 is 0. The van der Waals surface area contributed by atoms with Gasteiger partial charge in [0.25, 0.3) is 0 Å². The topological polar surface area (TPSA) is 79.1 Å². The van der Waals surface area contributed by atoms with Crippen molar-refractivity contribution in [1.82, 2.24) is 4.98 Å². The third-order valence-corrected chi connectivity index (χ3v) is 2.55. The van der Waals surface area contributed by atoms with E-state index in [1.54, 1.807) is 18.6 Å². The Labute approximate surface area is 93.1 Å². The van der Waals surface area contributed by atoms with Crippen molar-refractivity contribution in [3.05, 3.63) is 41.9 Å². The number of aliphatic hydroxyl groups is 1. The Morgan fingerprint density at radius 2 is 2.31 bits per heavy atom. The van der Waals surface area contributed by atoms with E-state index < -0.39 is 5.91 Å². The first-order chi connectivity index (χ1) is 7.74. The molecule has 1 aromatic heterocycles. The van der Waals surface area contributed by atoms with E-state index in [0.29, 0.717) is 12.0 Å². The second-order valence-corrected chi connectivity index (χ2v) is 3.58. The zero-order valence-electron chi connectivity index (χ0n) is 8.73. The molecule has 1 radical (unpaired) electrons. The number of benzene rings is 1. The highest BCUT2D eigenvalue weighted by Crippen LogP contribution is 2.23. The number of carbonyl (C=O) groups is 1. The summed E-state index contributed by atoms with van der Waals surface area (Å²) in [6.07, 6.45) is 4.18. The number of fused-ring (bicyclic) bond motifs is 1. The van der Waals surface area contributed by atoms with Gasteiger partial charge < -0.3 is 15.8 Å². The SMILES string of the molecule is NC(=O)c1cccc2[nH]cc(C[CH]CO)c12. The van der Waals surface area contributed by atoms with Crippen LogP contribution in [0.15, 0.2) is 24.4 Å². The molecule has 16 heavy (non-hydrogen) atoms. The molecule has 0 aliphatic heterocycles. The summed E-state index contributed by atoms with van der Waals surface area (Å²) in [5, 5.41) is 9.61. The fraction of sp³-hybridized carbons (Fsp3) is 0.167. The molecule has 0 saturated heterocycles. The van der Waals surface area contributed by atoms with Gasteiger partial charge in [-0.05, 0) is 30.5 Å². The number of H-pyrrole nitrogens is 1. The van der Waals surface area contributed by atoms with Crippen LogP contribution in [0.25, 0.3) is 10.9 Å². The molecule has 2 aromatic rings. The van der Waals surface area contributed by atoms with Crippen LogP contribution in [0.1, 0.15) is 15.9 Å². The molecule has 0 saturated carbocycles. The van der Waals surface area contributed by atoms with Gasteiger partial charge in [0, 0.05) is 29.3 Å². The van der Waals surface area contributed by atoms with Crippen LogP contribution in [0.4, 0.5) is 0 Å². The van der Waals surface area contributed by atoms with Crippen molar-refractivity contribution in [3.8, 4) is 0 Å². The minimum atomic E-state index is -0.435. The maximum absolute atomic E-state index is 11.3. The van der Waals surface area contributed by atoms with Gasteiger partial charge in [0.1, 0.15) is 0 Å². The van der Waals surface area contributed by atoms with Crippen molar-refractivity contribution in [2.24, 2.45) is 5.73 Å². The Morgan fingerprint density at radius 1 is 1.50 bits per heavy atom. The molecule has 4 N–H and O–H groups in total. The third kappa shape index (κ3) is 1.79. The lowest BCUT2D eigenvalue weighted by Crippen LogP contribution is -2.11. The van der Waals surface area contributed by atoms with Crippen LogP contribution in [-0.2, 0) is 6.42 Å². The van der Waals surface area contributed by atoms with E-state index in [-0.39, 0.29) is 6.61 Å². The number of carbonyl (C=O) groups excluding carboxylic acids is 1. The zero-order valence-corrected chi connectivity index (χ0v) is 8.73. The minimum absolute atomic E-state index is 0.0193. The van der Waals surface area contributed by atoms with Crippen LogP contribution >= 0.6 is 0 Å². The van der Waals surface area contributed by atoms with Gasteiger partial charge in [-0.3, -0.25) is 4.79 Å². The van der Waals surface area contributed by atoms with Gasteiger partial charge in [-0.25, -0.2) is 0 Å². The Hall–Kier alpha value is -1.81. The van der Waals surface area contributed by atoms with Gasteiger partial charge in [0.15, 0.2) is 0 Å². The number of rotatable bonds is 4. The van der Waals surface area contributed by atoms with Gasteiger partial charge in [-0.1, -0.05) is 6.07 Å². The number of aromatic amines is 1. The van der Waals surface area contributed by atoms with Crippen molar-refractivity contribution < 1.29 is 9.90 Å². The Bertz CT molecular complexity index is 517. The van der Waals surface area contributed by atoms with Crippen LogP contribution < -0.4 is 5.73 Å². The molecule has 1 amide bonds. The Morgan fingerprint density at radius 3 is 3.00 bits per heavy atom. The van der Waals surface area contributed by atoms with E-state index in [2.05, 4.69) is 4.98 Å². The molecule has 4 heteroatoms. The minimum Gasteiger partial charge on any atom is -0.396 e. The van der Waals surface area contributed by atoms with Gasteiger partial charge >= 0.3 is 0 Å². The number of primary amides is 1. The van der Waals surface area contributed by atoms with Crippen molar-refractivity contribution in [3.63, 3.8) is 0 Å². The van der Waals surface area contributed by atoms with E-state index in [0.717, 1.165) is 16.5 Å². The van der Waals surface area contributed by atoms with E-state index in [4.69, 9.17) is 10.8 Å². The summed E-state index contributed by atoms with van der Waals surface area (Å²) in [7, 11) is 0. The lowest BCUT2D eigenvalue weighted by Gasteiger charge is -2.01. The average Bonchev–Trinajstić information content (AvgIpc) is 2.69. The largest absolute Gasteiger partial charge is 0.396 e. The number of hydrogen-bond donors (Lipinski definition) is 3. The molecule has 2 rings (SSSR count). The summed E-state index contributed by atoms with van der Waals surface area (Å²) in [5.41, 5.74) is 7.70. The third-order valence-electron chi connectivity index (χ3n) is 2.55. The monoisotopic (exact) mass is 217 g/mol. The zero-order chi connectivity index (χ0) is 11.5. The average molecular weight is 217 g/mol. The molecule has 0 unspecified atom stereocenters. The molecular weight excluding hydrogens is 204 g/mol. The molecule has 0 spiro atoms. The predicted molar refractivity (Wildman–Crippen MR) is 61.9 cm³/mol. The fourth-order valence-corrected chi connectivity index (χ4v) is 1.84. The molecule has 1 heterocycles. The molecule has 83 valence electrons. The van der Waals surface area contributed by atoms with Gasteiger partial charge in [-0.15, -0.1) is 0 Å². The van der Waals surface area contributed by atoms with Crippen molar-refractivity contribution in [1.29, 1.82) is 0 Å². The molecule has 0 atom stereocenters. The molecule has 1 aromatic carbocycles. The molecule has 0 aliphatic carbocycles. The number of nitrogens with two attached hydrogens (primary N) is 1. The number of amides is 1. The first-order valence-corrected chi connectivity index (χ1v) is 5.05. The van der Waals surface area contributed by atoms with E-state index in [1.807, 2.05) is 12.3 Å². The van der Waals surface area contributed by atoms with Crippen molar-refractivity contribution in [2.75, 3.05) is 6.61 Å². The highest BCUT2D eigenvalue weighted by Gasteiger charge is 2.11. The Kier molecular flexibility index (Phi) is 2.92. The van der Waals surface area contributed by atoms with E-state index in [1.165, 1.54) is 0 Å². The number of hydrogen-bond acceptors (Lipinski definition) is 2. The van der Waals surface area contributed by atoms with Crippen molar-refractivity contribution >= 4 is 16.8 Å². The number of aliphatic hydroxyl groups excluding tert-OH is 1. The predicted octanol–water partition coefficient (Wildman–Crippen LogP) is 1.01. The summed E-state index contributed by atoms with van der Waals surface area (Å²) in [6, 6.07) is 5.39. The summed E-state index contributed by atoms with van der Waals surface area (Å²) in [4.78, 5) is 14.4.